The molecule has 0 bridgehead atoms. The Kier molecular flexibility index (Phi) is 4.26. The molecule has 0 aliphatic rings. The van der Waals surface area contributed by atoms with Gasteiger partial charge in [-0.05, 0) is 14.1 Å². The first-order valence-electron chi connectivity index (χ1n) is 2.64. The lowest BCUT2D eigenvalue weighted by Gasteiger charge is -2.07. The molecule has 0 aromatic heterocycles. The van der Waals surface area contributed by atoms with E-state index in [1.54, 1.807) is 0 Å². The molecule has 8 heavy (non-hydrogen) atoms. The molecule has 3 heteroatoms. The molecule has 0 aliphatic heterocycles. The van der Waals surface area contributed by atoms with Crippen molar-refractivity contribution < 1.29 is 0 Å². The number of nitrogens with zero attached hydrogens (tertiary/aromatic N) is 1. The summed E-state index contributed by atoms with van der Waals surface area (Å²) in [6.07, 6.45) is 1.21. The van der Waals surface area contributed by atoms with Gasteiger partial charge in [-0.3, -0.25) is 5.41 Å². The second-order valence-electron chi connectivity index (χ2n) is 1.90. The third-order valence-electron chi connectivity index (χ3n) is 0.805. The minimum absolute atomic E-state index is 0.858. The minimum atomic E-state index is 0.858. The molecule has 0 saturated heterocycles. The van der Waals surface area contributed by atoms with Crippen LogP contribution in [0.1, 0.15) is 0 Å². The molecular weight excluding hydrogens is 102 g/mol. The highest BCUT2D eigenvalue weighted by molar-refractivity contribution is 5.49. The van der Waals surface area contributed by atoms with Crippen molar-refractivity contribution in [2.24, 2.45) is 0 Å². The van der Waals surface area contributed by atoms with Crippen LogP contribution in [-0.4, -0.2) is 38.4 Å². The van der Waals surface area contributed by atoms with Gasteiger partial charge in [-0.25, -0.2) is 0 Å². The molecule has 2 N–H and O–H groups in total. The summed E-state index contributed by atoms with van der Waals surface area (Å²) in [6, 6.07) is 0. The standard InChI is InChI=1S/C5H13N3/c1-8(2)4-3-7-5-6/h5H,3-4H2,1-2H3,(H2,6,7). The van der Waals surface area contributed by atoms with Crippen LogP contribution in [0.3, 0.4) is 0 Å². The van der Waals surface area contributed by atoms with E-state index >= 15 is 0 Å². The summed E-state index contributed by atoms with van der Waals surface area (Å²) in [6.45, 7) is 1.84. The number of rotatable bonds is 4. The molecule has 0 heterocycles. The fourth-order valence-corrected chi connectivity index (χ4v) is 0.360. The maximum atomic E-state index is 6.59. The Morgan fingerprint density at radius 3 is 2.62 bits per heavy atom. The van der Waals surface area contributed by atoms with Crippen molar-refractivity contribution in [3.63, 3.8) is 0 Å². The zero-order chi connectivity index (χ0) is 6.41. The third-order valence-corrected chi connectivity index (χ3v) is 0.805. The molecule has 48 valence electrons. The smallest absolute Gasteiger partial charge is 0.0791 e. The van der Waals surface area contributed by atoms with E-state index in [1.807, 2.05) is 14.1 Å². The zero-order valence-corrected chi connectivity index (χ0v) is 5.44. The van der Waals surface area contributed by atoms with E-state index in [2.05, 4.69) is 10.2 Å². The van der Waals surface area contributed by atoms with Crippen LogP contribution in [0.2, 0.25) is 0 Å². The van der Waals surface area contributed by atoms with Gasteiger partial charge in [0.2, 0.25) is 0 Å². The maximum Gasteiger partial charge on any atom is 0.0791 e. The Morgan fingerprint density at radius 2 is 2.25 bits per heavy atom. The van der Waals surface area contributed by atoms with Gasteiger partial charge in [0.1, 0.15) is 0 Å². The Hall–Kier alpha value is -0.570. The number of nitrogens with one attached hydrogen (secondary N) is 2. The summed E-state index contributed by atoms with van der Waals surface area (Å²) < 4.78 is 0. The normalized spacial score (nSPS) is 9.38. The fourth-order valence-electron chi connectivity index (χ4n) is 0.360. The predicted molar refractivity (Wildman–Crippen MR) is 35.3 cm³/mol. The quantitative estimate of drug-likeness (QED) is 0.301. The highest BCUT2D eigenvalue weighted by atomic mass is 15.1. The minimum Gasteiger partial charge on any atom is -0.375 e. The van der Waals surface area contributed by atoms with Gasteiger partial charge in [0.25, 0.3) is 0 Å². The number of likely N-dealkylation sites (N-methyl/N-ethyl adjacent to an activating group) is 1. The molecular formula is C5H13N3. The van der Waals surface area contributed by atoms with Crippen LogP contribution in [-0.2, 0) is 0 Å². The van der Waals surface area contributed by atoms with Crippen molar-refractivity contribution in [2.45, 2.75) is 0 Å². The lowest BCUT2D eigenvalue weighted by molar-refractivity contribution is 0.413. The van der Waals surface area contributed by atoms with E-state index in [1.165, 1.54) is 6.34 Å². The van der Waals surface area contributed by atoms with Gasteiger partial charge in [0, 0.05) is 13.1 Å². The third kappa shape index (κ3) is 5.43. The average molecular weight is 115 g/mol. The molecule has 0 aliphatic carbocycles. The Bertz CT molecular complexity index is 60.7. The number of hydrogen-bond acceptors (Lipinski definition) is 2. The number of hydrogen-bond donors (Lipinski definition) is 2. The van der Waals surface area contributed by atoms with Gasteiger partial charge in [-0.2, -0.15) is 0 Å². The van der Waals surface area contributed by atoms with Crippen molar-refractivity contribution >= 4 is 6.34 Å². The van der Waals surface area contributed by atoms with Gasteiger partial charge in [-0.15, -0.1) is 0 Å². The molecule has 0 spiro atoms. The van der Waals surface area contributed by atoms with Crippen LogP contribution in [0.15, 0.2) is 0 Å². The molecule has 0 fully saturated rings. The molecule has 0 unspecified atom stereocenters. The first kappa shape index (κ1) is 7.43. The molecule has 0 rings (SSSR count). The van der Waals surface area contributed by atoms with Crippen molar-refractivity contribution in [1.29, 1.82) is 5.41 Å². The lowest BCUT2D eigenvalue weighted by atomic mass is 10.6. The SMILES string of the molecule is CN(C)CCNC=N. The molecule has 0 aromatic rings. The monoisotopic (exact) mass is 115 g/mol. The Morgan fingerprint density at radius 1 is 1.62 bits per heavy atom. The molecule has 0 amide bonds. The van der Waals surface area contributed by atoms with E-state index in [9.17, 15) is 0 Å². The van der Waals surface area contributed by atoms with Gasteiger partial charge < -0.3 is 10.2 Å². The first-order valence-corrected chi connectivity index (χ1v) is 2.64. The van der Waals surface area contributed by atoms with Crippen molar-refractivity contribution in [2.75, 3.05) is 27.2 Å². The highest BCUT2D eigenvalue weighted by Crippen LogP contribution is 1.67. The maximum absolute atomic E-state index is 6.59. The summed E-state index contributed by atoms with van der Waals surface area (Å²) >= 11 is 0. The van der Waals surface area contributed by atoms with Crippen LogP contribution in [0.5, 0.6) is 0 Å². The summed E-state index contributed by atoms with van der Waals surface area (Å²) in [5.74, 6) is 0. The summed E-state index contributed by atoms with van der Waals surface area (Å²) in [4.78, 5) is 2.07. The van der Waals surface area contributed by atoms with E-state index in [0.717, 1.165) is 13.1 Å². The molecule has 0 radical (unpaired) electrons. The van der Waals surface area contributed by atoms with Gasteiger partial charge in [0.05, 0.1) is 6.34 Å². The van der Waals surface area contributed by atoms with E-state index in [0.29, 0.717) is 0 Å². The zero-order valence-electron chi connectivity index (χ0n) is 5.44. The molecule has 0 atom stereocenters. The molecule has 0 aromatic carbocycles. The largest absolute Gasteiger partial charge is 0.375 e. The Balaban J connectivity index is 2.81. The summed E-state index contributed by atoms with van der Waals surface area (Å²) in [5.41, 5.74) is 0. The lowest BCUT2D eigenvalue weighted by Crippen LogP contribution is -2.25. The Labute approximate surface area is 50.2 Å². The second-order valence-corrected chi connectivity index (χ2v) is 1.90. The van der Waals surface area contributed by atoms with E-state index in [-0.39, 0.29) is 0 Å². The molecule has 0 saturated carbocycles. The summed E-state index contributed by atoms with van der Waals surface area (Å²) in [5, 5.41) is 9.37. The van der Waals surface area contributed by atoms with E-state index < -0.39 is 0 Å². The van der Waals surface area contributed by atoms with E-state index in [4.69, 9.17) is 5.41 Å². The average Bonchev–Trinajstić information content (AvgIpc) is 1.66. The fraction of sp³-hybridized carbons (Fsp3) is 0.800. The van der Waals surface area contributed by atoms with Crippen LogP contribution >= 0.6 is 0 Å². The van der Waals surface area contributed by atoms with Gasteiger partial charge in [0.15, 0.2) is 0 Å². The van der Waals surface area contributed by atoms with Crippen molar-refractivity contribution in [3.05, 3.63) is 0 Å². The first-order chi connectivity index (χ1) is 3.77. The highest BCUT2D eigenvalue weighted by Gasteiger charge is 1.83. The van der Waals surface area contributed by atoms with Crippen LogP contribution < -0.4 is 5.32 Å². The van der Waals surface area contributed by atoms with Gasteiger partial charge >= 0.3 is 0 Å². The summed E-state index contributed by atoms with van der Waals surface area (Å²) in [7, 11) is 4.01. The van der Waals surface area contributed by atoms with Crippen LogP contribution in [0.25, 0.3) is 0 Å². The van der Waals surface area contributed by atoms with Crippen molar-refractivity contribution in [1.82, 2.24) is 10.2 Å². The van der Waals surface area contributed by atoms with Crippen LogP contribution in [0.4, 0.5) is 0 Å². The van der Waals surface area contributed by atoms with Gasteiger partial charge in [-0.1, -0.05) is 0 Å². The molecule has 3 nitrogen and oxygen atoms in total. The van der Waals surface area contributed by atoms with Crippen LogP contribution in [0, 0.1) is 5.41 Å². The predicted octanol–water partition coefficient (Wildman–Crippen LogP) is -0.255. The topological polar surface area (TPSA) is 39.1 Å². The van der Waals surface area contributed by atoms with Crippen molar-refractivity contribution in [3.8, 4) is 0 Å². The second kappa shape index (κ2) is 4.59.